The molecule has 0 aliphatic carbocycles. The number of carbonyl (C=O) groups excluding carboxylic acids is 1. The fourth-order valence-corrected chi connectivity index (χ4v) is 3.51. The number of carbonyl (C=O) groups is 1. The lowest BCUT2D eigenvalue weighted by atomic mass is 9.89. The molecule has 1 fully saturated rings. The van der Waals surface area contributed by atoms with E-state index in [-0.39, 0.29) is 24.7 Å². The monoisotopic (exact) mass is 358 g/mol. The van der Waals surface area contributed by atoms with Crippen LogP contribution in [0.4, 0.5) is 4.39 Å². The second-order valence-corrected chi connectivity index (χ2v) is 6.88. The van der Waals surface area contributed by atoms with Crippen molar-refractivity contribution in [2.45, 2.75) is 31.8 Å². The van der Waals surface area contributed by atoms with Crippen LogP contribution in [-0.4, -0.2) is 49.7 Å². The third-order valence-corrected chi connectivity index (χ3v) is 4.71. The van der Waals surface area contributed by atoms with E-state index in [0.717, 1.165) is 0 Å². The topological polar surface area (TPSA) is 95.3 Å². The van der Waals surface area contributed by atoms with Crippen molar-refractivity contribution in [3.05, 3.63) is 47.5 Å². The molecule has 1 saturated heterocycles. The van der Waals surface area contributed by atoms with Crippen molar-refractivity contribution in [1.29, 1.82) is 0 Å². The number of aromatic nitrogens is 3. The molecule has 136 valence electrons. The quantitative estimate of drug-likeness (QED) is 0.748. The zero-order valence-corrected chi connectivity index (χ0v) is 14.3. The first-order chi connectivity index (χ1) is 12.4. The number of hydrogen-bond donors (Lipinski definition) is 2. The minimum Gasteiger partial charge on any atom is -0.388 e. The Morgan fingerprint density at radius 1 is 1.46 bits per heavy atom. The van der Waals surface area contributed by atoms with Crippen molar-refractivity contribution in [3.63, 3.8) is 0 Å². The standard InChI is InChI=1S/C18H19FN4O3/c1-11-20-16(26-22-11)9-18(25)5-2-6-23(10-18)17(24)15-8-12-7-13(19)3-4-14(12)21-15/h3-4,7-8,21,25H,2,5-6,9-10H2,1H3. The first kappa shape index (κ1) is 16.7. The maximum Gasteiger partial charge on any atom is 0.270 e. The number of hydrogen-bond acceptors (Lipinski definition) is 5. The molecule has 1 aliphatic heterocycles. The van der Waals surface area contributed by atoms with Crippen molar-refractivity contribution >= 4 is 16.8 Å². The van der Waals surface area contributed by atoms with Crippen molar-refractivity contribution in [2.24, 2.45) is 0 Å². The van der Waals surface area contributed by atoms with Gasteiger partial charge in [0.25, 0.3) is 5.91 Å². The Morgan fingerprint density at radius 2 is 2.31 bits per heavy atom. The van der Waals surface area contributed by atoms with Crippen molar-refractivity contribution < 1.29 is 18.8 Å². The average molecular weight is 358 g/mol. The van der Waals surface area contributed by atoms with Crippen LogP contribution in [-0.2, 0) is 6.42 Å². The maximum absolute atomic E-state index is 13.3. The van der Waals surface area contributed by atoms with Gasteiger partial charge in [-0.3, -0.25) is 4.79 Å². The SMILES string of the molecule is Cc1noc(CC2(O)CCCN(C(=O)c3cc4cc(F)ccc4[nH]3)C2)n1. The summed E-state index contributed by atoms with van der Waals surface area (Å²) < 4.78 is 18.4. The molecular weight excluding hydrogens is 339 g/mol. The first-order valence-corrected chi connectivity index (χ1v) is 8.51. The highest BCUT2D eigenvalue weighted by Crippen LogP contribution is 2.26. The lowest BCUT2D eigenvalue weighted by Gasteiger charge is -2.38. The van der Waals surface area contributed by atoms with Gasteiger partial charge >= 0.3 is 0 Å². The maximum atomic E-state index is 13.3. The molecular formula is C18H19FN4O3. The molecule has 4 rings (SSSR count). The third kappa shape index (κ3) is 3.20. The minimum atomic E-state index is -1.11. The molecule has 1 amide bonds. The highest BCUT2D eigenvalue weighted by atomic mass is 19.1. The smallest absolute Gasteiger partial charge is 0.270 e. The largest absolute Gasteiger partial charge is 0.388 e. The number of H-pyrrole nitrogens is 1. The Labute approximate surface area is 148 Å². The number of aromatic amines is 1. The summed E-state index contributed by atoms with van der Waals surface area (Å²) in [5.74, 6) is 0.303. The Hall–Kier alpha value is -2.74. The molecule has 3 aromatic rings. The van der Waals surface area contributed by atoms with Crippen molar-refractivity contribution in [3.8, 4) is 0 Å². The van der Waals surface area contributed by atoms with Gasteiger partial charge in [0.1, 0.15) is 11.5 Å². The van der Waals surface area contributed by atoms with E-state index in [9.17, 15) is 14.3 Å². The van der Waals surface area contributed by atoms with E-state index >= 15 is 0 Å². The zero-order valence-electron chi connectivity index (χ0n) is 14.3. The molecule has 7 nitrogen and oxygen atoms in total. The lowest BCUT2D eigenvalue weighted by molar-refractivity contribution is -0.0287. The number of aryl methyl sites for hydroxylation is 1. The third-order valence-electron chi connectivity index (χ3n) is 4.71. The average Bonchev–Trinajstić information content (AvgIpc) is 3.19. The predicted octanol–water partition coefficient (Wildman–Crippen LogP) is 2.21. The van der Waals surface area contributed by atoms with E-state index in [1.54, 1.807) is 24.0 Å². The second kappa shape index (κ2) is 6.21. The van der Waals surface area contributed by atoms with Crippen LogP contribution >= 0.6 is 0 Å². The summed E-state index contributed by atoms with van der Waals surface area (Å²) in [6.45, 7) is 2.44. The van der Waals surface area contributed by atoms with E-state index in [1.807, 2.05) is 0 Å². The molecule has 3 heterocycles. The Bertz CT molecular complexity index is 966. The molecule has 2 aromatic heterocycles. The molecule has 26 heavy (non-hydrogen) atoms. The number of aliphatic hydroxyl groups is 1. The molecule has 0 saturated carbocycles. The van der Waals surface area contributed by atoms with E-state index < -0.39 is 5.60 Å². The number of nitrogens with zero attached hydrogens (tertiary/aromatic N) is 3. The zero-order chi connectivity index (χ0) is 18.3. The summed E-state index contributed by atoms with van der Waals surface area (Å²) in [4.78, 5) is 21.6. The first-order valence-electron chi connectivity index (χ1n) is 8.51. The lowest BCUT2D eigenvalue weighted by Crippen LogP contribution is -2.51. The number of benzene rings is 1. The van der Waals surface area contributed by atoms with Gasteiger partial charge in [0.2, 0.25) is 5.89 Å². The van der Waals surface area contributed by atoms with Gasteiger partial charge in [-0.15, -0.1) is 0 Å². The molecule has 1 aliphatic rings. The Morgan fingerprint density at radius 3 is 3.08 bits per heavy atom. The van der Waals surface area contributed by atoms with Gasteiger partial charge in [0, 0.05) is 17.4 Å². The van der Waals surface area contributed by atoms with Crippen molar-refractivity contribution in [1.82, 2.24) is 20.0 Å². The molecule has 2 N–H and O–H groups in total. The Kier molecular flexibility index (Phi) is 3.99. The molecule has 0 spiro atoms. The van der Waals surface area contributed by atoms with E-state index in [4.69, 9.17) is 4.52 Å². The molecule has 1 atom stereocenters. The minimum absolute atomic E-state index is 0.178. The highest BCUT2D eigenvalue weighted by Gasteiger charge is 2.37. The molecule has 0 bridgehead atoms. The summed E-state index contributed by atoms with van der Waals surface area (Å²) in [5, 5.41) is 15.3. The van der Waals surface area contributed by atoms with Crippen LogP contribution in [0, 0.1) is 12.7 Å². The number of rotatable bonds is 3. The van der Waals surface area contributed by atoms with E-state index in [2.05, 4.69) is 15.1 Å². The highest BCUT2D eigenvalue weighted by molar-refractivity contribution is 5.98. The fourth-order valence-electron chi connectivity index (χ4n) is 3.51. The molecule has 8 heteroatoms. The number of β-amino-alcohol motifs (C(OH)–C–C–N with tert-alkyl or cyclic N) is 1. The number of nitrogens with one attached hydrogen (secondary N) is 1. The molecule has 1 aromatic carbocycles. The summed E-state index contributed by atoms with van der Waals surface area (Å²) in [6, 6.07) is 5.97. The number of halogens is 1. The Balaban J connectivity index is 1.53. The fraction of sp³-hybridized carbons (Fsp3) is 0.389. The normalized spacial score (nSPS) is 20.7. The summed E-state index contributed by atoms with van der Waals surface area (Å²) in [5.41, 5.74) is -0.0304. The summed E-state index contributed by atoms with van der Waals surface area (Å²) >= 11 is 0. The van der Waals surface area contributed by atoms with Crippen LogP contribution in [0.2, 0.25) is 0 Å². The van der Waals surface area contributed by atoms with Crippen LogP contribution in [0.15, 0.2) is 28.8 Å². The van der Waals surface area contributed by atoms with Crippen LogP contribution in [0.5, 0.6) is 0 Å². The van der Waals surface area contributed by atoms with Crippen LogP contribution in [0.25, 0.3) is 10.9 Å². The van der Waals surface area contributed by atoms with Crippen LogP contribution < -0.4 is 0 Å². The molecule has 0 radical (unpaired) electrons. The van der Waals surface area contributed by atoms with E-state index in [1.165, 1.54) is 12.1 Å². The van der Waals surface area contributed by atoms with Gasteiger partial charge in [0.15, 0.2) is 5.82 Å². The number of likely N-dealkylation sites (tertiary alicyclic amines) is 1. The van der Waals surface area contributed by atoms with Crippen molar-refractivity contribution in [2.75, 3.05) is 13.1 Å². The van der Waals surface area contributed by atoms with Gasteiger partial charge < -0.3 is 19.5 Å². The van der Waals surface area contributed by atoms with Crippen LogP contribution in [0.3, 0.4) is 0 Å². The predicted molar refractivity (Wildman–Crippen MR) is 91.1 cm³/mol. The number of fused-ring (bicyclic) bond motifs is 1. The van der Waals surface area contributed by atoms with Gasteiger partial charge in [-0.2, -0.15) is 4.98 Å². The number of amides is 1. The van der Waals surface area contributed by atoms with E-state index in [0.29, 0.717) is 47.7 Å². The van der Waals surface area contributed by atoms with Gasteiger partial charge in [-0.05, 0) is 44.0 Å². The van der Waals surface area contributed by atoms with Gasteiger partial charge in [-0.25, -0.2) is 4.39 Å². The summed E-state index contributed by atoms with van der Waals surface area (Å²) in [7, 11) is 0. The second-order valence-electron chi connectivity index (χ2n) is 6.88. The van der Waals surface area contributed by atoms with Gasteiger partial charge in [0.05, 0.1) is 18.6 Å². The van der Waals surface area contributed by atoms with Crippen LogP contribution in [0.1, 0.15) is 35.0 Å². The number of piperidine rings is 1. The molecule has 1 unspecified atom stereocenters. The summed E-state index contributed by atoms with van der Waals surface area (Å²) in [6.07, 6.45) is 1.43. The van der Waals surface area contributed by atoms with Gasteiger partial charge in [-0.1, -0.05) is 5.16 Å².